The van der Waals surface area contributed by atoms with E-state index < -0.39 is 12.7 Å². The van der Waals surface area contributed by atoms with Crippen LogP contribution in [0.15, 0.2) is 115 Å². The highest BCUT2D eigenvalue weighted by atomic mass is 16.5. The van der Waals surface area contributed by atoms with Crippen LogP contribution in [0.2, 0.25) is 0 Å². The maximum absolute atomic E-state index is 7.63. The van der Waals surface area contributed by atoms with Crippen molar-refractivity contribution in [3.8, 4) is 5.75 Å². The molecule has 528 valence electrons. The van der Waals surface area contributed by atoms with E-state index in [1.807, 2.05) is 99.6 Å². The van der Waals surface area contributed by atoms with E-state index in [1.165, 1.54) is 119 Å². The molecule has 2 aromatic heterocycles. The predicted octanol–water partition coefficient (Wildman–Crippen LogP) is 28.6. The average Bonchev–Trinajstić information content (AvgIpc) is 1.61. The molecule has 2 heterocycles. The Hall–Kier alpha value is -4.54. The molecule has 4 aliphatic carbocycles. The number of hydrogen-bond acceptors (Lipinski definition) is 2. The monoisotopic (exact) mass is 1290 g/mol. The highest BCUT2D eigenvalue weighted by molar-refractivity contribution is 6.09. The van der Waals surface area contributed by atoms with Crippen LogP contribution < -0.4 is 4.74 Å². The second-order valence-corrected chi connectivity index (χ2v) is 32.6. The summed E-state index contributed by atoms with van der Waals surface area (Å²) in [6, 6.07) is 40.6. The molecule has 0 atom stereocenters. The molecule has 4 aliphatic rings. The zero-order valence-corrected chi connectivity index (χ0v) is 65.7. The molecule has 4 saturated carbocycles. The standard InChI is InChI=1S/C21H27N.C13H11N.C13H24.C7H8O.C7H14.C6H12.C6H14.2C5H12.C4H10.C2H6O/c1-20(2,3)14-8-10-18-16(12-14)17-13-15(21(4,5)6)9-11-19(17)22(18)7;1-14-12-8-4-2-6-10(12)11-7-3-5-9-13(11)14;1-11-7-9-13(10-8-11)12-5-3-2-4-6-12;1-8-7-5-3-2-4-6-7;1-7-5-3-2-4-6-7;1-6-4-2-3-5-6;1-5-6(2,3)4;1-5(2,3)4;1-4-5(2)3;1-4(2)3;1-3-2/h8-13H,1-7H3;2-9H,1H3;11-13H,2-10H2,1H3;2-6H,1H3;7H,2-6H2,1H3;6H,2-5H2,1H3;5H2,1-4H3;1-4H3;5H,4H2,1-3H3;4H,1-3H3;1-2H3/i;;;;7D;6D;5D2;;4D2;4D;. The third-order valence-corrected chi connectivity index (χ3v) is 17.4. The minimum atomic E-state index is -1.06. The maximum atomic E-state index is 7.63. The Kier molecular flexibility index (Phi) is 36.0. The molecular weight excluding hydrogens is 1130 g/mol. The number of ether oxygens (including phenoxy) is 2. The van der Waals surface area contributed by atoms with Gasteiger partial charge in [0.25, 0.3) is 0 Å². The smallest absolute Gasteiger partial charge is 0.118 e. The molecule has 0 N–H and O–H groups in total. The molecule has 4 heteroatoms. The molecule has 0 saturated heterocycles. The largest absolute Gasteiger partial charge is 0.497 e. The summed E-state index contributed by atoms with van der Waals surface area (Å²) in [4.78, 5) is 0. The first-order valence-corrected chi connectivity index (χ1v) is 36.2. The first-order chi connectivity index (χ1) is 45.8. The summed E-state index contributed by atoms with van der Waals surface area (Å²) in [5.41, 5.74) is 8.65. The van der Waals surface area contributed by atoms with Crippen LogP contribution in [0, 0.1) is 52.2 Å². The highest BCUT2D eigenvalue weighted by Crippen LogP contribution is 2.40. The fourth-order valence-electron chi connectivity index (χ4n) is 11.3. The topological polar surface area (TPSA) is 28.3 Å². The zero-order chi connectivity index (χ0) is 76.9. The van der Waals surface area contributed by atoms with E-state index in [0.717, 1.165) is 49.2 Å². The van der Waals surface area contributed by atoms with Gasteiger partial charge in [-0.1, -0.05) is 341 Å². The second-order valence-electron chi connectivity index (χ2n) is 32.6. The number of hydrogen-bond donors (Lipinski definition) is 0. The van der Waals surface area contributed by atoms with Crippen LogP contribution in [0.1, 0.15) is 308 Å². The summed E-state index contributed by atoms with van der Waals surface area (Å²) in [5, 5.41) is 5.42. The van der Waals surface area contributed by atoms with E-state index in [9.17, 15) is 0 Å². The van der Waals surface area contributed by atoms with Gasteiger partial charge in [0.2, 0.25) is 0 Å². The van der Waals surface area contributed by atoms with Gasteiger partial charge >= 0.3 is 0 Å². The normalized spacial score (nSPS) is 19.1. The van der Waals surface area contributed by atoms with Gasteiger partial charge in [-0.05, 0) is 136 Å². The number of aromatic nitrogens is 2. The molecule has 93 heavy (non-hydrogen) atoms. The molecule has 0 aliphatic heterocycles. The third-order valence-electron chi connectivity index (χ3n) is 17.4. The van der Waals surface area contributed by atoms with Crippen LogP contribution in [-0.4, -0.2) is 30.5 Å². The number of fused-ring (bicyclic) bond motifs is 6. The quantitative estimate of drug-likeness (QED) is 0.176. The maximum Gasteiger partial charge on any atom is 0.118 e. The number of nitrogens with zero attached hydrogens (tertiary/aromatic N) is 2. The van der Waals surface area contributed by atoms with Gasteiger partial charge in [-0.25, -0.2) is 0 Å². The summed E-state index contributed by atoms with van der Waals surface area (Å²) < 4.78 is 64.4. The van der Waals surface area contributed by atoms with Crippen LogP contribution in [0.4, 0.5) is 0 Å². The van der Waals surface area contributed by atoms with Crippen LogP contribution in [-0.2, 0) is 29.7 Å². The van der Waals surface area contributed by atoms with Crippen molar-refractivity contribution in [3.05, 3.63) is 126 Å². The minimum absolute atomic E-state index is 0.0556. The molecular formula is C89H150N2O2. The van der Waals surface area contributed by atoms with E-state index in [0.29, 0.717) is 5.41 Å². The molecule has 0 radical (unpaired) electrons. The Bertz CT molecular complexity index is 3130. The summed E-state index contributed by atoms with van der Waals surface area (Å²) >= 11 is 0. The predicted molar refractivity (Wildman–Crippen MR) is 422 cm³/mol. The summed E-state index contributed by atoms with van der Waals surface area (Å²) in [5.74, 6) is 3.94. The van der Waals surface area contributed by atoms with Crippen LogP contribution in [0.25, 0.3) is 43.6 Å². The summed E-state index contributed by atoms with van der Waals surface area (Å²) in [6.45, 7) is 47.1. The van der Waals surface area contributed by atoms with Crippen LogP contribution >= 0.6 is 0 Å². The summed E-state index contributed by atoms with van der Waals surface area (Å²) in [7, 11) is 9.19. The Morgan fingerprint density at radius 3 is 1.02 bits per heavy atom. The number of para-hydroxylation sites is 3. The van der Waals surface area contributed by atoms with Crippen molar-refractivity contribution >= 4 is 43.6 Å². The molecule has 0 spiro atoms. The molecule has 4 fully saturated rings. The lowest BCUT2D eigenvalue weighted by Gasteiger charge is -2.34. The first-order valence-electron chi connectivity index (χ1n) is 39.7. The molecule has 11 rings (SSSR count). The van der Waals surface area contributed by atoms with Gasteiger partial charge in [-0.15, -0.1) is 0 Å². The lowest BCUT2D eigenvalue weighted by atomic mass is 9.71. The van der Waals surface area contributed by atoms with Crippen molar-refractivity contribution in [2.75, 3.05) is 21.3 Å². The number of benzene rings is 5. The Labute approximate surface area is 587 Å². The van der Waals surface area contributed by atoms with Gasteiger partial charge in [-0.3, -0.25) is 0 Å². The van der Waals surface area contributed by atoms with Gasteiger partial charge in [-0.2, -0.15) is 0 Å². The van der Waals surface area contributed by atoms with Gasteiger partial charge in [0.05, 0.1) is 7.11 Å². The molecule has 0 amide bonds. The van der Waals surface area contributed by atoms with Crippen molar-refractivity contribution in [2.45, 2.75) is 298 Å². The number of rotatable bonds is 3. The summed E-state index contributed by atoms with van der Waals surface area (Å²) in [6.07, 6.45) is 22.7. The van der Waals surface area contributed by atoms with E-state index >= 15 is 0 Å². The molecule has 5 aromatic carbocycles. The van der Waals surface area contributed by atoms with Gasteiger partial charge < -0.3 is 18.6 Å². The fourth-order valence-corrected chi connectivity index (χ4v) is 11.3. The minimum Gasteiger partial charge on any atom is -0.497 e. The Morgan fingerprint density at radius 1 is 0.452 bits per heavy atom. The molecule has 4 nitrogen and oxygen atoms in total. The van der Waals surface area contributed by atoms with E-state index in [-0.39, 0.29) is 39.8 Å². The highest BCUT2D eigenvalue weighted by Gasteiger charge is 2.27. The van der Waals surface area contributed by atoms with Crippen molar-refractivity contribution < 1.29 is 19.1 Å². The van der Waals surface area contributed by atoms with Gasteiger partial charge in [0.15, 0.2) is 0 Å². The van der Waals surface area contributed by atoms with Crippen molar-refractivity contribution in [2.24, 2.45) is 66.3 Å². The van der Waals surface area contributed by atoms with Gasteiger partial charge in [0, 0.05) is 81.5 Å². The lowest BCUT2D eigenvalue weighted by Crippen LogP contribution is -2.22. The second kappa shape index (κ2) is 45.1. The van der Waals surface area contributed by atoms with E-state index in [4.69, 9.17) is 14.3 Å². The zero-order valence-electron chi connectivity index (χ0n) is 72.7. The Balaban J connectivity index is 0.000000575. The number of methoxy groups -OCH3 is 2. The average molecular weight is 1290 g/mol. The van der Waals surface area contributed by atoms with E-state index in [1.54, 1.807) is 60.9 Å². The van der Waals surface area contributed by atoms with Crippen LogP contribution in [0.5, 0.6) is 5.75 Å². The molecule has 0 unspecified atom stereocenters. The third kappa shape index (κ3) is 37.0. The fraction of sp³-hybridized carbons (Fsp3) is 0.663. The number of aryl methyl sites for hydroxylation is 2. The van der Waals surface area contributed by atoms with Gasteiger partial charge in [0.1, 0.15) is 5.75 Å². The van der Waals surface area contributed by atoms with Crippen molar-refractivity contribution in [1.29, 1.82) is 0 Å². The first kappa shape index (κ1) is 74.3. The lowest BCUT2D eigenvalue weighted by molar-refractivity contribution is 0.173. The van der Waals surface area contributed by atoms with E-state index in [2.05, 4.69) is 189 Å². The van der Waals surface area contributed by atoms with Crippen molar-refractivity contribution in [1.82, 2.24) is 9.13 Å². The van der Waals surface area contributed by atoms with Crippen LogP contribution in [0.3, 0.4) is 0 Å². The SMILES string of the molecule is CC(C)(C)C.CC1CCC(C2CCCCC2)CC1.COC.COc1ccccc1.Cn1c2ccc(C(C)(C)C)cc2c2cc(C(C)(C)C)ccc21.Cn1c2ccccc2c2ccccc21.[2H]C(C)(C)C.[2H]C([2H])(C)C(C)(C)C.[2H]C([2H])(C)C(C)C.[2H]C1(C)CCCC1.[2H]C1(C)CCCCC1. The Morgan fingerprint density at radius 2 is 0.742 bits per heavy atom. The van der Waals surface area contributed by atoms with Crippen molar-refractivity contribution in [3.63, 3.8) is 0 Å². The molecule has 7 aromatic rings. The molecule has 0 bridgehead atoms.